The quantitative estimate of drug-likeness (QED) is 0.534. The third-order valence-corrected chi connectivity index (χ3v) is 1.07. The summed E-state index contributed by atoms with van der Waals surface area (Å²) in [6.07, 6.45) is 5.05. The summed E-state index contributed by atoms with van der Waals surface area (Å²) in [5.41, 5.74) is 0. The molecule has 0 spiro atoms. The lowest BCUT2D eigenvalue weighted by molar-refractivity contribution is -0.189. The second-order valence-corrected chi connectivity index (χ2v) is 1.81. The van der Waals surface area contributed by atoms with Gasteiger partial charge in [-0.3, -0.25) is 0 Å². The van der Waals surface area contributed by atoms with Crippen LogP contribution in [0.15, 0.2) is 24.5 Å². The Hall–Kier alpha value is -1.29. The summed E-state index contributed by atoms with van der Waals surface area (Å²) in [4.78, 5) is 10.2. The number of hydrogen-bond acceptors (Lipinski definition) is 3. The SMILES string of the molecule is O=C(O)C1(O)C=CC=CO1. The van der Waals surface area contributed by atoms with Crippen LogP contribution < -0.4 is 0 Å². The molecule has 1 aliphatic rings. The lowest BCUT2D eigenvalue weighted by Crippen LogP contribution is -2.38. The van der Waals surface area contributed by atoms with Crippen molar-refractivity contribution in [2.24, 2.45) is 0 Å². The smallest absolute Gasteiger partial charge is 0.381 e. The summed E-state index contributed by atoms with van der Waals surface area (Å²) in [5.74, 6) is -3.59. The average molecular weight is 142 g/mol. The molecule has 0 saturated carbocycles. The molecule has 1 aliphatic heterocycles. The molecular weight excluding hydrogens is 136 g/mol. The van der Waals surface area contributed by atoms with E-state index in [0.29, 0.717) is 0 Å². The van der Waals surface area contributed by atoms with Crippen molar-refractivity contribution in [2.75, 3.05) is 0 Å². The van der Waals surface area contributed by atoms with Gasteiger partial charge in [0.2, 0.25) is 0 Å². The molecule has 0 aromatic heterocycles. The average Bonchev–Trinajstić information content (AvgIpc) is 1.89. The van der Waals surface area contributed by atoms with Crippen molar-refractivity contribution in [1.82, 2.24) is 0 Å². The molecule has 0 radical (unpaired) electrons. The fourth-order valence-corrected chi connectivity index (χ4v) is 0.535. The first kappa shape index (κ1) is 6.82. The first-order valence-corrected chi connectivity index (χ1v) is 2.63. The van der Waals surface area contributed by atoms with Gasteiger partial charge in [0.15, 0.2) is 0 Å². The van der Waals surface area contributed by atoms with Crippen molar-refractivity contribution in [3.63, 3.8) is 0 Å². The summed E-state index contributed by atoms with van der Waals surface area (Å²) in [6, 6.07) is 0. The molecule has 0 aliphatic carbocycles. The Balaban J connectivity index is 2.80. The van der Waals surface area contributed by atoms with E-state index < -0.39 is 11.8 Å². The minimum Gasteiger partial charge on any atom is -0.476 e. The van der Waals surface area contributed by atoms with Crippen molar-refractivity contribution in [2.45, 2.75) is 5.79 Å². The summed E-state index contributed by atoms with van der Waals surface area (Å²) in [7, 11) is 0. The monoisotopic (exact) mass is 142 g/mol. The number of aliphatic hydroxyl groups is 1. The molecular formula is C6H6O4. The number of aliphatic carboxylic acids is 1. The van der Waals surface area contributed by atoms with E-state index in [1.165, 1.54) is 12.2 Å². The van der Waals surface area contributed by atoms with E-state index in [9.17, 15) is 4.79 Å². The molecule has 4 nitrogen and oxygen atoms in total. The summed E-state index contributed by atoms with van der Waals surface area (Å²) >= 11 is 0. The molecule has 10 heavy (non-hydrogen) atoms. The highest BCUT2D eigenvalue weighted by molar-refractivity contribution is 5.78. The highest BCUT2D eigenvalue weighted by Crippen LogP contribution is 2.13. The van der Waals surface area contributed by atoms with Crippen LogP contribution in [0.2, 0.25) is 0 Å². The Kier molecular flexibility index (Phi) is 1.47. The Bertz CT molecular complexity index is 206. The molecule has 0 aromatic carbocycles. The highest BCUT2D eigenvalue weighted by Gasteiger charge is 2.35. The van der Waals surface area contributed by atoms with Crippen molar-refractivity contribution in [3.05, 3.63) is 24.5 Å². The third kappa shape index (κ3) is 1.01. The van der Waals surface area contributed by atoms with E-state index >= 15 is 0 Å². The van der Waals surface area contributed by atoms with E-state index in [4.69, 9.17) is 10.2 Å². The number of hydrogen-bond donors (Lipinski definition) is 2. The third-order valence-electron chi connectivity index (χ3n) is 1.07. The largest absolute Gasteiger partial charge is 0.476 e. The van der Waals surface area contributed by atoms with Gasteiger partial charge in [-0.1, -0.05) is 6.08 Å². The van der Waals surface area contributed by atoms with E-state index in [0.717, 1.165) is 12.3 Å². The number of rotatable bonds is 1. The Labute approximate surface area is 57.0 Å². The second kappa shape index (κ2) is 2.15. The minimum absolute atomic E-state index is 1.05. The van der Waals surface area contributed by atoms with E-state index in [1.54, 1.807) is 0 Å². The topological polar surface area (TPSA) is 66.8 Å². The summed E-state index contributed by atoms with van der Waals surface area (Å²) in [5, 5.41) is 17.3. The standard InChI is InChI=1S/C6H6O4/c7-5(8)6(9)3-1-2-4-10-6/h1-4,9H,(H,7,8). The molecule has 54 valence electrons. The molecule has 1 heterocycles. The van der Waals surface area contributed by atoms with Gasteiger partial charge >= 0.3 is 11.8 Å². The van der Waals surface area contributed by atoms with Crippen LogP contribution in [0.1, 0.15) is 0 Å². The van der Waals surface area contributed by atoms with Crippen LogP contribution in [0.25, 0.3) is 0 Å². The van der Waals surface area contributed by atoms with Crippen LogP contribution in [0.4, 0.5) is 0 Å². The molecule has 1 unspecified atom stereocenters. The zero-order chi connectivity index (χ0) is 7.61. The van der Waals surface area contributed by atoms with Crippen LogP contribution >= 0.6 is 0 Å². The maximum absolute atomic E-state index is 10.2. The van der Waals surface area contributed by atoms with Crippen molar-refractivity contribution < 1.29 is 19.7 Å². The zero-order valence-corrected chi connectivity index (χ0v) is 5.02. The maximum atomic E-state index is 10.2. The molecule has 4 heteroatoms. The molecule has 1 atom stereocenters. The van der Waals surface area contributed by atoms with Crippen LogP contribution in [-0.2, 0) is 9.53 Å². The summed E-state index contributed by atoms with van der Waals surface area (Å²) < 4.78 is 4.42. The second-order valence-electron chi connectivity index (χ2n) is 1.81. The van der Waals surface area contributed by atoms with Gasteiger partial charge in [0.05, 0.1) is 6.26 Å². The van der Waals surface area contributed by atoms with Crippen LogP contribution in [-0.4, -0.2) is 22.0 Å². The molecule has 0 saturated heterocycles. The van der Waals surface area contributed by atoms with Crippen molar-refractivity contribution in [3.8, 4) is 0 Å². The van der Waals surface area contributed by atoms with Gasteiger partial charge in [-0.05, 0) is 12.2 Å². The lowest BCUT2D eigenvalue weighted by atomic mass is 10.2. The maximum Gasteiger partial charge on any atom is 0.381 e. The molecule has 1 rings (SSSR count). The molecule has 0 amide bonds. The van der Waals surface area contributed by atoms with Gasteiger partial charge in [0.1, 0.15) is 0 Å². The predicted octanol–water partition coefficient (Wildman–Crippen LogP) is -0.140. The Morgan fingerprint density at radius 1 is 1.50 bits per heavy atom. The Morgan fingerprint density at radius 2 is 2.20 bits per heavy atom. The fourth-order valence-electron chi connectivity index (χ4n) is 0.535. The van der Waals surface area contributed by atoms with Gasteiger partial charge in [-0.25, -0.2) is 4.79 Å². The predicted molar refractivity (Wildman–Crippen MR) is 32.0 cm³/mol. The first-order valence-electron chi connectivity index (χ1n) is 2.63. The minimum atomic E-state index is -2.17. The van der Waals surface area contributed by atoms with Crippen molar-refractivity contribution in [1.29, 1.82) is 0 Å². The van der Waals surface area contributed by atoms with Crippen LogP contribution in [0.3, 0.4) is 0 Å². The number of ether oxygens (including phenoxy) is 1. The normalized spacial score (nSPS) is 29.7. The number of allylic oxidation sites excluding steroid dienone is 2. The number of carboxylic acids is 1. The van der Waals surface area contributed by atoms with Gasteiger partial charge < -0.3 is 14.9 Å². The summed E-state index contributed by atoms with van der Waals surface area (Å²) in [6.45, 7) is 0. The Morgan fingerprint density at radius 3 is 2.50 bits per heavy atom. The first-order chi connectivity index (χ1) is 4.65. The lowest BCUT2D eigenvalue weighted by Gasteiger charge is -2.19. The van der Waals surface area contributed by atoms with E-state index in [2.05, 4.69) is 4.74 Å². The van der Waals surface area contributed by atoms with Gasteiger partial charge in [0.25, 0.3) is 0 Å². The van der Waals surface area contributed by atoms with Gasteiger partial charge in [0, 0.05) is 0 Å². The van der Waals surface area contributed by atoms with E-state index in [-0.39, 0.29) is 0 Å². The molecule has 2 N–H and O–H groups in total. The number of carboxylic acid groups (broad SMARTS) is 1. The van der Waals surface area contributed by atoms with Gasteiger partial charge in [-0.15, -0.1) is 0 Å². The molecule has 0 aromatic rings. The van der Waals surface area contributed by atoms with Crippen molar-refractivity contribution >= 4 is 5.97 Å². The molecule has 0 bridgehead atoms. The highest BCUT2D eigenvalue weighted by atomic mass is 16.6. The fraction of sp³-hybridized carbons (Fsp3) is 0.167. The number of carbonyl (C=O) groups is 1. The van der Waals surface area contributed by atoms with Gasteiger partial charge in [-0.2, -0.15) is 0 Å². The zero-order valence-electron chi connectivity index (χ0n) is 5.02. The van der Waals surface area contributed by atoms with Crippen LogP contribution in [0.5, 0.6) is 0 Å². The molecule has 0 fully saturated rings. The van der Waals surface area contributed by atoms with E-state index in [1.807, 2.05) is 0 Å². The van der Waals surface area contributed by atoms with Crippen LogP contribution in [0, 0.1) is 0 Å².